The number of piperazine rings is 1. The first kappa shape index (κ1) is 24.2. The third kappa shape index (κ3) is 5.40. The molecule has 0 spiro atoms. The Morgan fingerprint density at radius 3 is 2.71 bits per heavy atom. The molecule has 0 atom stereocenters. The van der Waals surface area contributed by atoms with Crippen molar-refractivity contribution >= 4 is 45.5 Å². The Labute approximate surface area is 208 Å². The van der Waals surface area contributed by atoms with Crippen LogP contribution in [0.25, 0.3) is 10.9 Å². The number of nitrogens with one attached hydrogen (secondary N) is 2. The summed E-state index contributed by atoms with van der Waals surface area (Å²) in [6.45, 7) is 5.67. The minimum Gasteiger partial charge on any atom is -0.506 e. The van der Waals surface area contributed by atoms with E-state index in [-0.39, 0.29) is 10.8 Å². The molecule has 0 aliphatic carbocycles. The lowest BCUT2D eigenvalue weighted by molar-refractivity contribution is 0.211. The van der Waals surface area contributed by atoms with Crippen LogP contribution >= 0.6 is 23.2 Å². The highest BCUT2D eigenvalue weighted by molar-refractivity contribution is 6.37. The number of phenols is 1. The van der Waals surface area contributed by atoms with Gasteiger partial charge in [0.2, 0.25) is 0 Å². The van der Waals surface area contributed by atoms with Gasteiger partial charge in [-0.05, 0) is 18.6 Å². The first-order chi connectivity index (χ1) is 16.5. The zero-order valence-electron chi connectivity index (χ0n) is 18.7. The number of hydrogen-bond acceptors (Lipinski definition) is 8. The lowest BCUT2D eigenvalue weighted by Gasteiger charge is -2.27. The number of ether oxygens (including phenoxy) is 2. The molecular formula is C24H25Cl2N5O3. The molecule has 1 saturated heterocycles. The van der Waals surface area contributed by atoms with Gasteiger partial charge in [-0.1, -0.05) is 23.2 Å². The quantitative estimate of drug-likeness (QED) is 0.386. The van der Waals surface area contributed by atoms with Gasteiger partial charge >= 0.3 is 0 Å². The van der Waals surface area contributed by atoms with Gasteiger partial charge in [0, 0.05) is 56.4 Å². The molecule has 3 N–H and O–H groups in total. The number of anilines is 2. The summed E-state index contributed by atoms with van der Waals surface area (Å²) in [5.74, 6) is 0.986. The molecule has 2 aromatic carbocycles. The van der Waals surface area contributed by atoms with E-state index in [9.17, 15) is 10.4 Å². The normalized spacial score (nSPS) is 14.1. The molecule has 34 heavy (non-hydrogen) atoms. The average molecular weight is 502 g/mol. The number of nitriles is 1. The number of pyridine rings is 1. The fourth-order valence-electron chi connectivity index (χ4n) is 3.86. The van der Waals surface area contributed by atoms with Crippen molar-refractivity contribution in [3.63, 3.8) is 0 Å². The van der Waals surface area contributed by atoms with Crippen molar-refractivity contribution in [1.82, 2.24) is 15.2 Å². The van der Waals surface area contributed by atoms with Crippen molar-refractivity contribution in [2.24, 2.45) is 0 Å². The molecular weight excluding hydrogens is 477 g/mol. The van der Waals surface area contributed by atoms with E-state index in [1.165, 1.54) is 18.3 Å². The van der Waals surface area contributed by atoms with Crippen molar-refractivity contribution in [2.75, 3.05) is 51.8 Å². The second-order valence-electron chi connectivity index (χ2n) is 7.88. The second kappa shape index (κ2) is 11.0. The summed E-state index contributed by atoms with van der Waals surface area (Å²) in [5.41, 5.74) is 1.82. The standard InChI is InChI=1S/C24H25Cl2N5O3/c1-33-22-9-16-19(12-23(22)34-8-2-5-31-6-3-28-4-7-31)29-14-15(13-27)24(16)30-20-11-21(32)18(26)10-17(20)25/h9-12,14,28,32H,2-8H2,1H3,(H,29,30). The van der Waals surface area contributed by atoms with Gasteiger partial charge < -0.3 is 30.1 Å². The van der Waals surface area contributed by atoms with Crippen LogP contribution in [0.2, 0.25) is 10.0 Å². The molecule has 10 heteroatoms. The molecule has 8 nitrogen and oxygen atoms in total. The summed E-state index contributed by atoms with van der Waals surface area (Å²) in [6.07, 6.45) is 2.38. The smallest absolute Gasteiger partial charge is 0.163 e. The van der Waals surface area contributed by atoms with Gasteiger partial charge in [0.05, 0.1) is 46.2 Å². The summed E-state index contributed by atoms with van der Waals surface area (Å²) in [7, 11) is 1.57. The molecule has 1 aromatic heterocycles. The molecule has 3 aromatic rings. The third-order valence-corrected chi connectivity index (χ3v) is 6.27. The van der Waals surface area contributed by atoms with E-state index in [2.05, 4.69) is 26.6 Å². The molecule has 1 aliphatic rings. The number of aromatic hydroxyl groups is 1. The van der Waals surface area contributed by atoms with Crippen LogP contribution in [0.15, 0.2) is 30.5 Å². The van der Waals surface area contributed by atoms with E-state index in [0.29, 0.717) is 51.0 Å². The molecule has 0 amide bonds. The van der Waals surface area contributed by atoms with Gasteiger partial charge in [-0.2, -0.15) is 5.26 Å². The molecule has 178 valence electrons. The highest BCUT2D eigenvalue weighted by Gasteiger charge is 2.17. The summed E-state index contributed by atoms with van der Waals surface area (Å²) < 4.78 is 11.6. The third-order valence-electron chi connectivity index (χ3n) is 5.66. The van der Waals surface area contributed by atoms with Crippen LogP contribution in [0, 0.1) is 11.3 Å². The van der Waals surface area contributed by atoms with Gasteiger partial charge in [-0.3, -0.25) is 4.98 Å². The summed E-state index contributed by atoms with van der Waals surface area (Å²) in [5, 5.41) is 27.2. The van der Waals surface area contributed by atoms with Crippen LogP contribution in [0.3, 0.4) is 0 Å². The highest BCUT2D eigenvalue weighted by atomic mass is 35.5. The number of halogens is 2. The van der Waals surface area contributed by atoms with Crippen molar-refractivity contribution in [2.45, 2.75) is 6.42 Å². The predicted molar refractivity (Wildman–Crippen MR) is 134 cm³/mol. The lowest BCUT2D eigenvalue weighted by atomic mass is 10.1. The van der Waals surface area contributed by atoms with Crippen LogP contribution in [0.4, 0.5) is 11.4 Å². The predicted octanol–water partition coefficient (Wildman–Crippen LogP) is 4.55. The molecule has 0 radical (unpaired) electrons. The summed E-state index contributed by atoms with van der Waals surface area (Å²) >= 11 is 12.2. The molecule has 1 aliphatic heterocycles. The Morgan fingerprint density at radius 1 is 1.18 bits per heavy atom. The van der Waals surface area contributed by atoms with E-state index >= 15 is 0 Å². The van der Waals surface area contributed by atoms with Gasteiger partial charge in [-0.25, -0.2) is 0 Å². The number of benzene rings is 2. The minimum atomic E-state index is -0.125. The monoisotopic (exact) mass is 501 g/mol. The Hall–Kier alpha value is -2.96. The van der Waals surface area contributed by atoms with E-state index in [0.717, 1.165) is 39.1 Å². The van der Waals surface area contributed by atoms with Crippen LogP contribution < -0.4 is 20.1 Å². The molecule has 0 saturated carbocycles. The Kier molecular flexibility index (Phi) is 7.80. The number of fused-ring (bicyclic) bond motifs is 1. The zero-order chi connectivity index (χ0) is 24.1. The number of methoxy groups -OCH3 is 1. The largest absolute Gasteiger partial charge is 0.506 e. The molecule has 0 bridgehead atoms. The molecule has 4 rings (SSSR count). The van der Waals surface area contributed by atoms with Crippen LogP contribution in [-0.2, 0) is 0 Å². The fourth-order valence-corrected chi connectivity index (χ4v) is 4.30. The molecule has 2 heterocycles. The summed E-state index contributed by atoms with van der Waals surface area (Å²) in [4.78, 5) is 6.85. The highest BCUT2D eigenvalue weighted by Crippen LogP contribution is 2.40. The maximum atomic E-state index is 10.00. The Morgan fingerprint density at radius 2 is 1.97 bits per heavy atom. The van der Waals surface area contributed by atoms with E-state index in [4.69, 9.17) is 32.7 Å². The maximum Gasteiger partial charge on any atom is 0.163 e. The number of hydrogen-bond donors (Lipinski definition) is 3. The molecule has 0 unspecified atom stereocenters. The van der Waals surface area contributed by atoms with Gasteiger partial charge in [0.15, 0.2) is 11.5 Å². The topological polar surface area (TPSA) is 103 Å². The van der Waals surface area contributed by atoms with Crippen molar-refractivity contribution in [3.05, 3.63) is 46.1 Å². The van der Waals surface area contributed by atoms with Crippen LogP contribution in [0.1, 0.15) is 12.0 Å². The van der Waals surface area contributed by atoms with Gasteiger partial charge in [0.1, 0.15) is 11.8 Å². The zero-order valence-corrected chi connectivity index (χ0v) is 20.2. The van der Waals surface area contributed by atoms with Crippen LogP contribution in [0.5, 0.6) is 17.2 Å². The second-order valence-corrected chi connectivity index (χ2v) is 8.70. The number of nitrogens with zero attached hydrogens (tertiary/aromatic N) is 3. The van der Waals surface area contributed by atoms with Gasteiger partial charge in [-0.15, -0.1) is 0 Å². The SMILES string of the molecule is COc1cc2c(Nc3cc(O)c(Cl)cc3Cl)c(C#N)cnc2cc1OCCCN1CCNCC1. The lowest BCUT2D eigenvalue weighted by Crippen LogP contribution is -2.43. The minimum absolute atomic E-state index is 0.125. The van der Waals surface area contributed by atoms with Crippen molar-refractivity contribution < 1.29 is 14.6 Å². The van der Waals surface area contributed by atoms with E-state index < -0.39 is 0 Å². The first-order valence-electron chi connectivity index (χ1n) is 10.9. The van der Waals surface area contributed by atoms with Crippen LogP contribution in [-0.4, -0.2) is 61.4 Å². The first-order valence-corrected chi connectivity index (χ1v) is 11.7. The van der Waals surface area contributed by atoms with E-state index in [1.54, 1.807) is 19.2 Å². The number of rotatable bonds is 8. The maximum absolute atomic E-state index is 10.00. The number of phenolic OH excluding ortho intramolecular Hbond substituents is 1. The van der Waals surface area contributed by atoms with E-state index in [1.807, 2.05) is 0 Å². The fraction of sp³-hybridized carbons (Fsp3) is 0.333. The molecule has 1 fully saturated rings. The average Bonchev–Trinajstić information content (AvgIpc) is 2.85. The summed E-state index contributed by atoms with van der Waals surface area (Å²) in [6, 6.07) is 8.56. The van der Waals surface area contributed by atoms with Gasteiger partial charge in [0.25, 0.3) is 0 Å². The van der Waals surface area contributed by atoms with Crippen molar-refractivity contribution in [1.29, 1.82) is 5.26 Å². The van der Waals surface area contributed by atoms with Crippen molar-refractivity contribution in [3.8, 4) is 23.3 Å². The Balaban J connectivity index is 1.59. The number of aromatic nitrogens is 1. The Bertz CT molecular complexity index is 1230.